The molecule has 0 spiro atoms. The Morgan fingerprint density at radius 3 is 2.82 bits per heavy atom. The second-order valence-electron chi connectivity index (χ2n) is 2.30. The topological polar surface area (TPSA) is 38.7 Å². The number of ether oxygens (including phenoxy) is 2. The molecule has 0 radical (unpaired) electrons. The fourth-order valence-corrected chi connectivity index (χ4v) is 0.601. The molecule has 1 atom stereocenters. The highest BCUT2D eigenvalue weighted by atomic mass is 16.5. The van der Waals surface area contributed by atoms with Crippen molar-refractivity contribution in [3.05, 3.63) is 12.5 Å². The first-order valence-corrected chi connectivity index (χ1v) is 3.83. The van der Waals surface area contributed by atoms with E-state index in [0.717, 1.165) is 19.3 Å². The maximum absolute atomic E-state index is 8.21. The molecule has 0 aromatic heterocycles. The molecule has 0 saturated carbocycles. The molecule has 0 heterocycles. The minimum absolute atomic E-state index is 0.0890. The summed E-state index contributed by atoms with van der Waals surface area (Å²) in [7, 11) is 0. The molecule has 1 N–H and O–H groups in total. The van der Waals surface area contributed by atoms with E-state index < -0.39 is 0 Å². The van der Waals surface area contributed by atoms with Crippen LogP contribution in [0.15, 0.2) is 12.5 Å². The predicted molar refractivity (Wildman–Crippen MR) is 43.4 cm³/mol. The van der Waals surface area contributed by atoms with Crippen molar-refractivity contribution in [1.82, 2.24) is 0 Å². The van der Waals surface area contributed by atoms with E-state index in [9.17, 15) is 0 Å². The van der Waals surface area contributed by atoms with Crippen LogP contribution in [0.25, 0.3) is 0 Å². The second kappa shape index (κ2) is 7.41. The second-order valence-corrected chi connectivity index (χ2v) is 2.30. The highest BCUT2D eigenvalue weighted by Gasteiger charge is 1.99. The Bertz CT molecular complexity index is 102. The molecule has 66 valence electrons. The number of aliphatic hydroxyl groups is 1. The third-order valence-corrected chi connectivity index (χ3v) is 1.09. The van der Waals surface area contributed by atoms with Crippen LogP contribution in [0.5, 0.6) is 0 Å². The molecule has 0 saturated heterocycles. The van der Waals surface area contributed by atoms with Gasteiger partial charge in [0, 0.05) is 6.61 Å². The Morgan fingerprint density at radius 2 is 2.27 bits per heavy atom. The largest absolute Gasteiger partial charge is 0.512 e. The molecule has 1 unspecified atom stereocenters. The van der Waals surface area contributed by atoms with Crippen LogP contribution in [-0.2, 0) is 9.47 Å². The summed E-state index contributed by atoms with van der Waals surface area (Å²) in [5.41, 5.74) is 0. The number of aliphatic hydroxyl groups excluding tert-OH is 1. The monoisotopic (exact) mass is 160 g/mol. The van der Waals surface area contributed by atoms with Gasteiger partial charge in [-0.1, -0.05) is 6.92 Å². The van der Waals surface area contributed by atoms with Gasteiger partial charge in [0.2, 0.25) is 0 Å². The fraction of sp³-hybridized carbons (Fsp3) is 0.750. The molecular formula is C8H16O3. The maximum Gasteiger partial charge on any atom is 0.117 e. The van der Waals surface area contributed by atoms with Crippen molar-refractivity contribution in [1.29, 1.82) is 0 Å². The average molecular weight is 160 g/mol. The Balaban J connectivity index is 3.15. The van der Waals surface area contributed by atoms with E-state index in [1.54, 1.807) is 0 Å². The first-order chi connectivity index (χ1) is 5.31. The van der Waals surface area contributed by atoms with Gasteiger partial charge >= 0.3 is 0 Å². The molecule has 0 aliphatic carbocycles. The molecule has 0 bridgehead atoms. The summed E-state index contributed by atoms with van der Waals surface area (Å²) in [5.74, 6) is 0. The zero-order chi connectivity index (χ0) is 8.53. The van der Waals surface area contributed by atoms with Crippen molar-refractivity contribution in [3.8, 4) is 0 Å². The zero-order valence-electron chi connectivity index (χ0n) is 7.12. The fourth-order valence-electron chi connectivity index (χ4n) is 0.601. The van der Waals surface area contributed by atoms with Gasteiger partial charge in [-0.3, -0.25) is 0 Å². The van der Waals surface area contributed by atoms with E-state index in [1.807, 2.05) is 6.92 Å². The Hall–Kier alpha value is -0.700. The number of rotatable bonds is 6. The highest BCUT2D eigenvalue weighted by molar-refractivity contribution is 4.58. The maximum atomic E-state index is 8.21. The lowest BCUT2D eigenvalue weighted by atomic mass is 10.4. The summed E-state index contributed by atoms with van der Waals surface area (Å²) >= 11 is 0. The van der Waals surface area contributed by atoms with Crippen molar-refractivity contribution < 1.29 is 14.6 Å². The summed E-state index contributed by atoms with van der Waals surface area (Å²) in [5, 5.41) is 8.21. The van der Waals surface area contributed by atoms with Crippen molar-refractivity contribution >= 4 is 0 Å². The van der Waals surface area contributed by atoms with Crippen molar-refractivity contribution in [2.75, 3.05) is 13.2 Å². The molecule has 0 aromatic rings. The molecule has 0 rings (SSSR count). The van der Waals surface area contributed by atoms with Gasteiger partial charge in [-0.25, -0.2) is 0 Å². The van der Waals surface area contributed by atoms with E-state index in [-0.39, 0.29) is 6.10 Å². The van der Waals surface area contributed by atoms with Crippen molar-refractivity contribution in [2.45, 2.75) is 26.4 Å². The third kappa shape index (κ3) is 7.19. The normalized spacial score (nSPS) is 13.6. The predicted octanol–water partition coefficient (Wildman–Crippen LogP) is 1.85. The van der Waals surface area contributed by atoms with E-state index >= 15 is 0 Å². The van der Waals surface area contributed by atoms with Crippen LogP contribution in [0, 0.1) is 0 Å². The van der Waals surface area contributed by atoms with Crippen molar-refractivity contribution in [3.63, 3.8) is 0 Å². The highest BCUT2D eigenvalue weighted by Crippen LogP contribution is 1.93. The van der Waals surface area contributed by atoms with E-state index in [1.165, 1.54) is 6.26 Å². The minimum Gasteiger partial charge on any atom is -0.512 e. The van der Waals surface area contributed by atoms with Crippen LogP contribution in [0.1, 0.15) is 20.3 Å². The van der Waals surface area contributed by atoms with Crippen LogP contribution in [0.3, 0.4) is 0 Å². The Labute approximate surface area is 67.6 Å². The molecule has 3 nitrogen and oxygen atoms in total. The molecule has 0 aromatic carbocycles. The summed E-state index contributed by atoms with van der Waals surface area (Å²) in [6.07, 6.45) is 3.21. The Kier molecular flexibility index (Phi) is 6.94. The van der Waals surface area contributed by atoms with Crippen molar-refractivity contribution in [2.24, 2.45) is 0 Å². The van der Waals surface area contributed by atoms with Gasteiger partial charge < -0.3 is 14.6 Å². The SMILES string of the molecule is CCCOC(C)COC=CO. The lowest BCUT2D eigenvalue weighted by Crippen LogP contribution is -2.14. The van der Waals surface area contributed by atoms with Gasteiger partial charge in [-0.2, -0.15) is 0 Å². The molecule has 0 aliphatic heterocycles. The number of hydrogen-bond acceptors (Lipinski definition) is 3. The van der Waals surface area contributed by atoms with Gasteiger partial charge in [0.25, 0.3) is 0 Å². The summed E-state index contributed by atoms with van der Waals surface area (Å²) < 4.78 is 10.2. The lowest BCUT2D eigenvalue weighted by Gasteiger charge is -2.10. The van der Waals surface area contributed by atoms with Crippen LogP contribution in [0.4, 0.5) is 0 Å². The summed E-state index contributed by atoms with van der Waals surface area (Å²) in [6, 6.07) is 0. The Morgan fingerprint density at radius 1 is 1.55 bits per heavy atom. The van der Waals surface area contributed by atoms with Crippen LogP contribution in [0.2, 0.25) is 0 Å². The van der Waals surface area contributed by atoms with E-state index in [2.05, 4.69) is 6.92 Å². The van der Waals surface area contributed by atoms with Crippen LogP contribution >= 0.6 is 0 Å². The van der Waals surface area contributed by atoms with Gasteiger partial charge in [-0.15, -0.1) is 0 Å². The standard InChI is InChI=1S/C8H16O3/c1-3-5-11-8(2)7-10-6-4-9/h4,6,8-9H,3,5,7H2,1-2H3. The van der Waals surface area contributed by atoms with Gasteiger partial charge in [0.05, 0.1) is 6.10 Å². The van der Waals surface area contributed by atoms with Crippen LogP contribution in [-0.4, -0.2) is 24.4 Å². The molecule has 0 fully saturated rings. The summed E-state index contributed by atoms with van der Waals surface area (Å²) in [6.45, 7) is 5.23. The minimum atomic E-state index is 0.0890. The van der Waals surface area contributed by atoms with Gasteiger partial charge in [0.15, 0.2) is 0 Å². The van der Waals surface area contributed by atoms with E-state index in [0.29, 0.717) is 6.61 Å². The molecule has 0 aliphatic rings. The molecule has 0 amide bonds. The first kappa shape index (κ1) is 10.3. The van der Waals surface area contributed by atoms with Gasteiger partial charge in [-0.05, 0) is 13.3 Å². The lowest BCUT2D eigenvalue weighted by molar-refractivity contribution is 0.0194. The van der Waals surface area contributed by atoms with Gasteiger partial charge in [0.1, 0.15) is 19.1 Å². The quantitative estimate of drug-likeness (QED) is 0.602. The summed E-state index contributed by atoms with van der Waals surface area (Å²) in [4.78, 5) is 0. The average Bonchev–Trinajstić information content (AvgIpc) is 2.01. The molecule has 3 heteroatoms. The third-order valence-electron chi connectivity index (χ3n) is 1.09. The zero-order valence-corrected chi connectivity index (χ0v) is 7.12. The molecule has 11 heavy (non-hydrogen) atoms. The number of hydrogen-bond donors (Lipinski definition) is 1. The van der Waals surface area contributed by atoms with E-state index in [4.69, 9.17) is 14.6 Å². The first-order valence-electron chi connectivity index (χ1n) is 3.83. The van der Waals surface area contributed by atoms with Crippen LogP contribution < -0.4 is 0 Å². The molecular weight excluding hydrogens is 144 g/mol. The smallest absolute Gasteiger partial charge is 0.117 e.